The number of anilines is 1. The number of benzene rings is 2. The highest BCUT2D eigenvalue weighted by Crippen LogP contribution is 2.35. The predicted octanol–water partition coefficient (Wildman–Crippen LogP) is 5.66. The van der Waals surface area contributed by atoms with Crippen molar-refractivity contribution in [1.29, 1.82) is 0 Å². The molecule has 0 fully saturated rings. The Morgan fingerprint density at radius 1 is 1.10 bits per heavy atom. The van der Waals surface area contributed by atoms with Crippen LogP contribution in [-0.2, 0) is 16.7 Å². The van der Waals surface area contributed by atoms with Crippen molar-refractivity contribution in [3.63, 3.8) is 0 Å². The van der Waals surface area contributed by atoms with Gasteiger partial charge in [0.2, 0.25) is 0 Å². The summed E-state index contributed by atoms with van der Waals surface area (Å²) in [5.41, 5.74) is 5.51. The topological polar surface area (TPSA) is 51.7 Å². The molecule has 0 saturated heterocycles. The third kappa shape index (κ3) is 4.98. The van der Waals surface area contributed by atoms with Crippen LogP contribution in [0.1, 0.15) is 54.9 Å². The highest BCUT2D eigenvalue weighted by molar-refractivity contribution is 5.95. The molecule has 3 rings (SSSR count). The number of carbonyl (C=O) groups excluding carboxylic acids is 1. The number of aryl methyl sites for hydroxylation is 1. The first kappa shape index (κ1) is 22.6. The van der Waals surface area contributed by atoms with E-state index in [9.17, 15) is 4.79 Å². The van der Waals surface area contributed by atoms with Crippen LogP contribution in [0.25, 0.3) is 10.9 Å². The quantitative estimate of drug-likeness (QED) is 0.482. The van der Waals surface area contributed by atoms with Gasteiger partial charge in [0.05, 0.1) is 19.2 Å². The fourth-order valence-corrected chi connectivity index (χ4v) is 3.67. The normalized spacial score (nSPS) is 11.5. The van der Waals surface area contributed by atoms with Crippen LogP contribution >= 0.6 is 0 Å². The Kier molecular flexibility index (Phi) is 6.54. The average molecular weight is 421 g/mol. The van der Waals surface area contributed by atoms with Gasteiger partial charge in [0.15, 0.2) is 0 Å². The lowest BCUT2D eigenvalue weighted by Crippen LogP contribution is -2.19. The molecule has 0 amide bonds. The van der Waals surface area contributed by atoms with Crippen LogP contribution in [-0.4, -0.2) is 31.7 Å². The van der Waals surface area contributed by atoms with Crippen molar-refractivity contribution in [2.45, 2.75) is 46.6 Å². The summed E-state index contributed by atoms with van der Waals surface area (Å²) < 4.78 is 10.4. The molecule has 31 heavy (non-hydrogen) atoms. The van der Waals surface area contributed by atoms with E-state index in [0.717, 1.165) is 40.0 Å². The van der Waals surface area contributed by atoms with E-state index < -0.39 is 0 Å². The Balaban J connectivity index is 2.07. The zero-order valence-electron chi connectivity index (χ0n) is 19.6. The maximum Gasteiger partial charge on any atom is 0.356 e. The number of fused-ring (bicyclic) bond motifs is 1. The van der Waals surface area contributed by atoms with Gasteiger partial charge >= 0.3 is 5.97 Å². The van der Waals surface area contributed by atoms with E-state index in [1.54, 1.807) is 14.0 Å². The van der Waals surface area contributed by atoms with E-state index in [0.29, 0.717) is 12.3 Å². The van der Waals surface area contributed by atoms with E-state index in [-0.39, 0.29) is 11.4 Å². The van der Waals surface area contributed by atoms with Crippen LogP contribution in [0.4, 0.5) is 5.69 Å². The van der Waals surface area contributed by atoms with Crippen molar-refractivity contribution in [2.75, 3.05) is 25.7 Å². The van der Waals surface area contributed by atoms with Crippen LogP contribution < -0.4 is 9.64 Å². The largest absolute Gasteiger partial charge is 0.497 e. The number of ether oxygens (including phenoxy) is 2. The second kappa shape index (κ2) is 8.96. The number of carbonyl (C=O) groups is 1. The van der Waals surface area contributed by atoms with Crippen molar-refractivity contribution in [1.82, 2.24) is 4.98 Å². The minimum absolute atomic E-state index is 0.137. The minimum Gasteiger partial charge on any atom is -0.497 e. The first-order chi connectivity index (χ1) is 14.6. The molecule has 164 valence electrons. The molecule has 0 aliphatic heterocycles. The molecule has 0 N–H and O–H groups in total. The molecule has 0 saturated carbocycles. The molecular formula is C26H32N2O3. The molecule has 3 aromatic rings. The van der Waals surface area contributed by atoms with E-state index in [1.165, 1.54) is 5.56 Å². The van der Waals surface area contributed by atoms with Gasteiger partial charge in [-0.2, -0.15) is 0 Å². The number of aromatic nitrogens is 1. The lowest BCUT2D eigenvalue weighted by atomic mass is 9.84. The van der Waals surface area contributed by atoms with Crippen molar-refractivity contribution < 1.29 is 14.3 Å². The molecular weight excluding hydrogens is 388 g/mol. The zero-order valence-corrected chi connectivity index (χ0v) is 19.6. The second-order valence-corrected chi connectivity index (χ2v) is 8.89. The molecule has 0 aliphatic rings. The Hall–Kier alpha value is -3.08. The lowest BCUT2D eigenvalue weighted by molar-refractivity contribution is 0.0520. The van der Waals surface area contributed by atoms with Gasteiger partial charge in [-0.05, 0) is 66.3 Å². The number of hydrogen-bond donors (Lipinski definition) is 0. The number of pyridine rings is 1. The van der Waals surface area contributed by atoms with Crippen LogP contribution in [0.15, 0.2) is 42.5 Å². The summed E-state index contributed by atoms with van der Waals surface area (Å²) in [4.78, 5) is 19.3. The average Bonchev–Trinajstić information content (AvgIpc) is 2.73. The molecule has 0 atom stereocenters. The van der Waals surface area contributed by atoms with Crippen molar-refractivity contribution in [3.05, 3.63) is 64.8 Å². The minimum atomic E-state index is -0.381. The van der Waals surface area contributed by atoms with Crippen molar-refractivity contribution in [3.8, 4) is 5.75 Å². The Bertz CT molecular complexity index is 1080. The summed E-state index contributed by atoms with van der Waals surface area (Å²) in [6.07, 6.45) is 0. The standard InChI is InChI=1S/C26H32N2O3/c1-8-31-25(29)23-13-17(2)21-14-19(15-22(24(21)27-23)26(3,4)5)28(6)16-18-9-11-20(30-7)12-10-18/h9-15H,8,16H2,1-7H3. The number of rotatable bonds is 6. The third-order valence-electron chi connectivity index (χ3n) is 5.42. The van der Waals surface area contributed by atoms with E-state index in [1.807, 2.05) is 25.1 Å². The Morgan fingerprint density at radius 2 is 1.77 bits per heavy atom. The van der Waals surface area contributed by atoms with Crippen LogP contribution in [0.2, 0.25) is 0 Å². The molecule has 1 aromatic heterocycles. The first-order valence-corrected chi connectivity index (χ1v) is 10.6. The number of esters is 1. The van der Waals surface area contributed by atoms with Crippen molar-refractivity contribution in [2.24, 2.45) is 0 Å². The third-order valence-corrected chi connectivity index (χ3v) is 5.42. The molecule has 0 unspecified atom stereocenters. The fraction of sp³-hybridized carbons (Fsp3) is 0.385. The second-order valence-electron chi connectivity index (χ2n) is 8.89. The van der Waals surface area contributed by atoms with E-state index in [4.69, 9.17) is 14.5 Å². The Labute approximate surface area is 185 Å². The van der Waals surface area contributed by atoms with Gasteiger partial charge in [-0.1, -0.05) is 32.9 Å². The number of nitrogens with zero attached hydrogens (tertiary/aromatic N) is 2. The first-order valence-electron chi connectivity index (χ1n) is 10.6. The summed E-state index contributed by atoms with van der Waals surface area (Å²) in [7, 11) is 3.77. The summed E-state index contributed by atoms with van der Waals surface area (Å²) >= 11 is 0. The smallest absolute Gasteiger partial charge is 0.356 e. The molecule has 0 bridgehead atoms. The summed E-state index contributed by atoms with van der Waals surface area (Å²) in [6.45, 7) is 11.4. The monoisotopic (exact) mass is 420 g/mol. The molecule has 1 heterocycles. The Morgan fingerprint density at radius 3 is 2.35 bits per heavy atom. The molecule has 5 heteroatoms. The van der Waals surface area contributed by atoms with Crippen LogP contribution in [0.3, 0.4) is 0 Å². The van der Waals surface area contributed by atoms with Gasteiger partial charge in [0.25, 0.3) is 0 Å². The van der Waals surface area contributed by atoms with Gasteiger partial charge in [-0.15, -0.1) is 0 Å². The molecule has 2 aromatic carbocycles. The number of methoxy groups -OCH3 is 1. The molecule has 0 aliphatic carbocycles. The van der Waals surface area contributed by atoms with E-state index in [2.05, 4.69) is 57.0 Å². The van der Waals surface area contributed by atoms with Gasteiger partial charge in [0.1, 0.15) is 11.4 Å². The predicted molar refractivity (Wildman–Crippen MR) is 126 cm³/mol. The summed E-state index contributed by atoms with van der Waals surface area (Å²) in [6, 6.07) is 14.3. The van der Waals surface area contributed by atoms with Gasteiger partial charge < -0.3 is 14.4 Å². The molecule has 0 spiro atoms. The van der Waals surface area contributed by atoms with Crippen LogP contribution in [0.5, 0.6) is 5.75 Å². The maximum atomic E-state index is 12.3. The molecule has 0 radical (unpaired) electrons. The van der Waals surface area contributed by atoms with Crippen LogP contribution in [0, 0.1) is 6.92 Å². The fourth-order valence-electron chi connectivity index (χ4n) is 3.67. The number of hydrogen-bond acceptors (Lipinski definition) is 5. The van der Waals surface area contributed by atoms with Gasteiger partial charge in [0, 0.05) is 24.7 Å². The lowest BCUT2D eigenvalue weighted by Gasteiger charge is -2.26. The van der Waals surface area contributed by atoms with Crippen molar-refractivity contribution >= 4 is 22.6 Å². The SMILES string of the molecule is CCOC(=O)c1cc(C)c2cc(N(C)Cc3ccc(OC)cc3)cc(C(C)(C)C)c2n1. The molecule has 5 nitrogen and oxygen atoms in total. The maximum absolute atomic E-state index is 12.3. The van der Waals surface area contributed by atoms with Gasteiger partial charge in [-0.25, -0.2) is 9.78 Å². The van der Waals surface area contributed by atoms with Gasteiger partial charge in [-0.3, -0.25) is 0 Å². The summed E-state index contributed by atoms with van der Waals surface area (Å²) in [5, 5.41) is 1.05. The summed E-state index contributed by atoms with van der Waals surface area (Å²) in [5.74, 6) is 0.472. The van der Waals surface area contributed by atoms with E-state index >= 15 is 0 Å². The highest BCUT2D eigenvalue weighted by Gasteiger charge is 2.22. The zero-order chi connectivity index (χ0) is 22.8. The highest BCUT2D eigenvalue weighted by atomic mass is 16.5.